The molecule has 0 fully saturated rings. The molecule has 0 N–H and O–H groups in total. The molecule has 7 nitrogen and oxygen atoms in total. The smallest absolute Gasteiger partial charge is 0.387 e. The van der Waals surface area contributed by atoms with E-state index in [1.54, 1.807) is 13.8 Å². The van der Waals surface area contributed by atoms with Gasteiger partial charge < -0.3 is 4.74 Å². The van der Waals surface area contributed by atoms with Gasteiger partial charge in [-0.2, -0.15) is 13.9 Å². The summed E-state index contributed by atoms with van der Waals surface area (Å²) in [6, 6.07) is -0.546. The predicted molar refractivity (Wildman–Crippen MR) is 73.3 cm³/mol. The van der Waals surface area contributed by atoms with Crippen LogP contribution in [-0.2, 0) is 0 Å². The van der Waals surface area contributed by atoms with E-state index in [9.17, 15) is 18.9 Å². The van der Waals surface area contributed by atoms with E-state index in [4.69, 9.17) is 11.6 Å². The lowest BCUT2D eigenvalue weighted by Crippen LogP contribution is -2.12. The Morgan fingerprint density at radius 1 is 1.45 bits per heavy atom. The van der Waals surface area contributed by atoms with Crippen molar-refractivity contribution in [1.82, 2.24) is 14.8 Å². The third-order valence-corrected chi connectivity index (χ3v) is 3.42. The van der Waals surface area contributed by atoms with Gasteiger partial charge in [-0.1, -0.05) is 11.6 Å². The van der Waals surface area contributed by atoms with Gasteiger partial charge in [-0.3, -0.25) is 14.8 Å². The van der Waals surface area contributed by atoms with Gasteiger partial charge in [0.15, 0.2) is 0 Å². The summed E-state index contributed by atoms with van der Waals surface area (Å²) >= 11 is 6.02. The standard InChI is InChI=1S/C12H11ClF2N4O3/c1-6-9(22-12(14)15)4-16-11(13)10(6)7(2)18-5-8(3-17-18)19(20)21/h3-5,7,12H,1-2H3. The Morgan fingerprint density at radius 2 is 2.14 bits per heavy atom. The van der Waals surface area contributed by atoms with E-state index in [0.717, 1.165) is 12.4 Å². The zero-order valence-corrected chi connectivity index (χ0v) is 12.3. The monoisotopic (exact) mass is 332 g/mol. The third-order valence-electron chi connectivity index (χ3n) is 3.12. The van der Waals surface area contributed by atoms with Crippen LogP contribution >= 0.6 is 11.6 Å². The maximum atomic E-state index is 12.4. The number of aromatic nitrogens is 3. The first kappa shape index (κ1) is 16.1. The van der Waals surface area contributed by atoms with E-state index in [-0.39, 0.29) is 16.6 Å². The first-order valence-corrected chi connectivity index (χ1v) is 6.47. The fourth-order valence-corrected chi connectivity index (χ4v) is 2.38. The van der Waals surface area contributed by atoms with Crippen molar-refractivity contribution in [3.63, 3.8) is 0 Å². The second-order valence-corrected chi connectivity index (χ2v) is 4.80. The van der Waals surface area contributed by atoms with Crippen molar-refractivity contribution in [2.45, 2.75) is 26.5 Å². The van der Waals surface area contributed by atoms with Gasteiger partial charge in [0.25, 0.3) is 0 Å². The molecule has 2 rings (SSSR count). The van der Waals surface area contributed by atoms with Gasteiger partial charge in [0.05, 0.1) is 17.2 Å². The van der Waals surface area contributed by atoms with E-state index in [1.807, 2.05) is 0 Å². The minimum atomic E-state index is -2.99. The van der Waals surface area contributed by atoms with E-state index in [0.29, 0.717) is 11.1 Å². The number of pyridine rings is 1. The van der Waals surface area contributed by atoms with Crippen LogP contribution in [0.4, 0.5) is 14.5 Å². The van der Waals surface area contributed by atoms with Crippen LogP contribution in [0.3, 0.4) is 0 Å². The Bertz CT molecular complexity index is 708. The lowest BCUT2D eigenvalue weighted by Gasteiger charge is -2.18. The molecule has 1 atom stereocenters. The number of alkyl halides is 2. The van der Waals surface area contributed by atoms with Crippen LogP contribution in [0.1, 0.15) is 24.1 Å². The Balaban J connectivity index is 2.43. The molecule has 0 saturated carbocycles. The number of ether oxygens (including phenoxy) is 1. The number of nitro groups is 1. The third kappa shape index (κ3) is 3.14. The van der Waals surface area contributed by atoms with Crippen molar-refractivity contribution >= 4 is 17.3 Å². The summed E-state index contributed by atoms with van der Waals surface area (Å²) in [5.41, 5.74) is 0.581. The molecule has 1 unspecified atom stereocenters. The van der Waals surface area contributed by atoms with Gasteiger partial charge >= 0.3 is 12.3 Å². The zero-order chi connectivity index (χ0) is 16.4. The molecule has 0 amide bonds. The average Bonchev–Trinajstić information content (AvgIpc) is 2.91. The van der Waals surface area contributed by atoms with E-state index in [2.05, 4.69) is 14.8 Å². The molecule has 0 saturated heterocycles. The Kier molecular flexibility index (Phi) is 4.55. The van der Waals surface area contributed by atoms with Crippen molar-refractivity contribution in [2.24, 2.45) is 0 Å². The molecule has 0 spiro atoms. The number of nitrogens with zero attached hydrogens (tertiary/aromatic N) is 4. The maximum absolute atomic E-state index is 12.4. The van der Waals surface area contributed by atoms with Crippen LogP contribution in [-0.4, -0.2) is 26.3 Å². The Hall–Kier alpha value is -2.29. The summed E-state index contributed by atoms with van der Waals surface area (Å²) in [5, 5.41) is 14.7. The molecule has 0 bridgehead atoms. The molecule has 118 valence electrons. The van der Waals surface area contributed by atoms with Crippen molar-refractivity contribution in [1.29, 1.82) is 0 Å². The largest absolute Gasteiger partial charge is 0.433 e. The molecule has 2 heterocycles. The van der Waals surface area contributed by atoms with Crippen LogP contribution in [0, 0.1) is 17.0 Å². The molecule has 10 heteroatoms. The second-order valence-electron chi connectivity index (χ2n) is 4.44. The summed E-state index contributed by atoms with van der Waals surface area (Å²) in [6.45, 7) is 0.226. The van der Waals surface area contributed by atoms with Gasteiger partial charge in [-0.25, -0.2) is 4.98 Å². The summed E-state index contributed by atoms with van der Waals surface area (Å²) in [7, 11) is 0. The highest BCUT2D eigenvalue weighted by atomic mass is 35.5. The Labute approximate surface area is 128 Å². The number of halogens is 3. The quantitative estimate of drug-likeness (QED) is 0.476. The van der Waals surface area contributed by atoms with Crippen molar-refractivity contribution < 1.29 is 18.4 Å². The summed E-state index contributed by atoms with van der Waals surface area (Å²) in [6.07, 6.45) is 3.42. The van der Waals surface area contributed by atoms with Gasteiger partial charge in [0.2, 0.25) is 0 Å². The summed E-state index contributed by atoms with van der Waals surface area (Å²) in [4.78, 5) is 13.9. The van der Waals surface area contributed by atoms with E-state index < -0.39 is 17.6 Å². The number of hydrogen-bond donors (Lipinski definition) is 0. The fraction of sp³-hybridized carbons (Fsp3) is 0.333. The van der Waals surface area contributed by atoms with Gasteiger partial charge in [0.1, 0.15) is 23.3 Å². The van der Waals surface area contributed by atoms with Crippen LogP contribution in [0.5, 0.6) is 5.75 Å². The van der Waals surface area contributed by atoms with E-state index in [1.165, 1.54) is 10.9 Å². The number of rotatable bonds is 5. The van der Waals surface area contributed by atoms with Crippen LogP contribution < -0.4 is 4.74 Å². The molecule has 2 aromatic heterocycles. The lowest BCUT2D eigenvalue weighted by molar-refractivity contribution is -0.385. The number of hydrogen-bond acceptors (Lipinski definition) is 5. The van der Waals surface area contributed by atoms with Crippen molar-refractivity contribution in [2.75, 3.05) is 0 Å². The molecule has 0 radical (unpaired) electrons. The fourth-order valence-electron chi connectivity index (χ4n) is 2.04. The highest BCUT2D eigenvalue weighted by Gasteiger charge is 2.22. The zero-order valence-electron chi connectivity index (χ0n) is 11.5. The van der Waals surface area contributed by atoms with Gasteiger partial charge in [-0.05, 0) is 13.8 Å². The molecule has 0 aromatic carbocycles. The topological polar surface area (TPSA) is 83.1 Å². The van der Waals surface area contributed by atoms with E-state index >= 15 is 0 Å². The van der Waals surface area contributed by atoms with Crippen LogP contribution in [0.2, 0.25) is 5.15 Å². The maximum Gasteiger partial charge on any atom is 0.387 e. The minimum absolute atomic E-state index is 0.0877. The molecule has 22 heavy (non-hydrogen) atoms. The first-order chi connectivity index (χ1) is 10.3. The predicted octanol–water partition coefficient (Wildman–Crippen LogP) is 3.36. The van der Waals surface area contributed by atoms with Gasteiger partial charge in [0, 0.05) is 11.1 Å². The van der Waals surface area contributed by atoms with Crippen LogP contribution in [0.25, 0.3) is 0 Å². The van der Waals surface area contributed by atoms with Gasteiger partial charge in [-0.15, -0.1) is 0 Å². The normalized spacial score (nSPS) is 12.5. The molecule has 2 aromatic rings. The first-order valence-electron chi connectivity index (χ1n) is 6.09. The summed E-state index contributed by atoms with van der Waals surface area (Å²) in [5.74, 6) is -0.108. The van der Waals surface area contributed by atoms with Crippen LogP contribution in [0.15, 0.2) is 18.6 Å². The minimum Gasteiger partial charge on any atom is -0.433 e. The molecule has 0 aliphatic heterocycles. The average molecular weight is 333 g/mol. The molecule has 0 aliphatic rings. The Morgan fingerprint density at radius 3 is 2.68 bits per heavy atom. The van der Waals surface area contributed by atoms with Crippen molar-refractivity contribution in [3.05, 3.63) is 45.0 Å². The SMILES string of the molecule is Cc1c(OC(F)F)cnc(Cl)c1C(C)n1cc([N+](=O)[O-])cn1. The molecular weight excluding hydrogens is 322 g/mol. The van der Waals surface area contributed by atoms with Crippen molar-refractivity contribution in [3.8, 4) is 5.75 Å². The molecule has 0 aliphatic carbocycles. The second kappa shape index (κ2) is 6.22. The lowest BCUT2D eigenvalue weighted by atomic mass is 10.0. The summed E-state index contributed by atoms with van der Waals surface area (Å²) < 4.78 is 30.4. The highest BCUT2D eigenvalue weighted by Crippen LogP contribution is 2.33. The highest BCUT2D eigenvalue weighted by molar-refractivity contribution is 6.30. The molecular formula is C12H11ClF2N4O3.